The van der Waals surface area contributed by atoms with Crippen molar-refractivity contribution in [3.63, 3.8) is 0 Å². The number of hydrogen-bond acceptors (Lipinski definition) is 3. The second-order valence-electron chi connectivity index (χ2n) is 4.11. The van der Waals surface area contributed by atoms with Crippen molar-refractivity contribution in [1.29, 1.82) is 0 Å². The van der Waals surface area contributed by atoms with Gasteiger partial charge in [0.15, 0.2) is 0 Å². The van der Waals surface area contributed by atoms with Gasteiger partial charge in [-0.25, -0.2) is 4.39 Å². The van der Waals surface area contributed by atoms with E-state index in [4.69, 9.17) is 9.15 Å². The van der Waals surface area contributed by atoms with Crippen molar-refractivity contribution >= 4 is 5.91 Å². The highest BCUT2D eigenvalue weighted by molar-refractivity contribution is 5.93. The highest BCUT2D eigenvalue weighted by atomic mass is 19.1. The molecule has 1 amide bonds. The van der Waals surface area contributed by atoms with Crippen LogP contribution in [-0.2, 0) is 0 Å². The van der Waals surface area contributed by atoms with E-state index in [2.05, 4.69) is 5.32 Å². The molecule has 0 bridgehead atoms. The Hall–Kier alpha value is -2.30. The smallest absolute Gasteiger partial charge is 0.254 e. The summed E-state index contributed by atoms with van der Waals surface area (Å²) in [5.41, 5.74) is 0.456. The Morgan fingerprint density at radius 3 is 3.00 bits per heavy atom. The van der Waals surface area contributed by atoms with E-state index in [1.165, 1.54) is 24.7 Å². The van der Waals surface area contributed by atoms with Crippen molar-refractivity contribution < 1.29 is 18.3 Å². The van der Waals surface area contributed by atoms with Crippen LogP contribution in [0.4, 0.5) is 4.39 Å². The molecule has 0 aliphatic carbocycles. The van der Waals surface area contributed by atoms with Crippen LogP contribution in [0.1, 0.15) is 17.3 Å². The minimum absolute atomic E-state index is 0.233. The van der Waals surface area contributed by atoms with Crippen molar-refractivity contribution in [2.24, 2.45) is 0 Å². The first-order valence-electron chi connectivity index (χ1n) is 5.88. The van der Waals surface area contributed by atoms with Crippen molar-refractivity contribution in [2.45, 2.75) is 13.0 Å². The van der Waals surface area contributed by atoms with Gasteiger partial charge >= 0.3 is 0 Å². The van der Waals surface area contributed by atoms with E-state index in [0.29, 0.717) is 17.9 Å². The van der Waals surface area contributed by atoms with Gasteiger partial charge in [-0.1, -0.05) is 6.07 Å². The number of carbonyl (C=O) groups is 1. The molecule has 0 unspecified atom stereocenters. The van der Waals surface area contributed by atoms with Gasteiger partial charge in [-0.15, -0.1) is 0 Å². The number of halogens is 1. The average Bonchev–Trinajstić information content (AvgIpc) is 2.90. The first-order chi connectivity index (χ1) is 9.15. The standard InChI is InChI=1S/C14H14FNO3/c1-10(19-13-4-2-3-12(15)7-13)8-16-14(17)11-5-6-18-9-11/h2-7,9-10H,8H2,1H3,(H,16,17)/t10-/m1/s1. The van der Waals surface area contributed by atoms with E-state index < -0.39 is 0 Å². The third-order valence-corrected chi connectivity index (χ3v) is 2.47. The summed E-state index contributed by atoms with van der Waals surface area (Å²) in [4.78, 5) is 11.6. The molecule has 2 rings (SSSR count). The Balaban J connectivity index is 1.82. The number of amides is 1. The second kappa shape index (κ2) is 6.04. The fraction of sp³-hybridized carbons (Fsp3) is 0.214. The first kappa shape index (κ1) is 13.1. The SMILES string of the molecule is C[C@H](CNC(=O)c1ccoc1)Oc1cccc(F)c1. The molecule has 0 spiro atoms. The predicted octanol–water partition coefficient (Wildman–Crippen LogP) is 2.62. The molecule has 0 saturated heterocycles. The van der Waals surface area contributed by atoms with E-state index in [1.54, 1.807) is 25.1 Å². The lowest BCUT2D eigenvalue weighted by Gasteiger charge is -2.15. The van der Waals surface area contributed by atoms with Crippen molar-refractivity contribution in [3.8, 4) is 5.75 Å². The highest BCUT2D eigenvalue weighted by Gasteiger charge is 2.10. The normalized spacial score (nSPS) is 11.9. The van der Waals surface area contributed by atoms with Crippen LogP contribution in [0, 0.1) is 5.82 Å². The summed E-state index contributed by atoms with van der Waals surface area (Å²) in [7, 11) is 0. The number of ether oxygens (including phenoxy) is 1. The number of nitrogens with one attached hydrogen (secondary N) is 1. The van der Waals surface area contributed by atoms with Crippen LogP contribution < -0.4 is 10.1 Å². The fourth-order valence-corrected chi connectivity index (χ4v) is 1.55. The fourth-order valence-electron chi connectivity index (χ4n) is 1.55. The highest BCUT2D eigenvalue weighted by Crippen LogP contribution is 2.13. The van der Waals surface area contributed by atoms with Gasteiger partial charge in [0.25, 0.3) is 5.91 Å². The largest absolute Gasteiger partial charge is 0.489 e. The quantitative estimate of drug-likeness (QED) is 0.902. The molecule has 1 atom stereocenters. The van der Waals surface area contributed by atoms with Gasteiger partial charge in [-0.3, -0.25) is 4.79 Å². The van der Waals surface area contributed by atoms with Gasteiger partial charge in [-0.2, -0.15) is 0 Å². The Kier molecular flexibility index (Phi) is 4.18. The number of hydrogen-bond donors (Lipinski definition) is 1. The van der Waals surface area contributed by atoms with Crippen LogP contribution in [0.2, 0.25) is 0 Å². The lowest BCUT2D eigenvalue weighted by molar-refractivity contribution is 0.0931. The van der Waals surface area contributed by atoms with Crippen molar-refractivity contribution in [1.82, 2.24) is 5.32 Å². The van der Waals surface area contributed by atoms with Crippen molar-refractivity contribution in [2.75, 3.05) is 6.54 Å². The molecule has 0 aliphatic rings. The maximum absolute atomic E-state index is 13.0. The molecule has 5 heteroatoms. The van der Waals surface area contributed by atoms with E-state index in [0.717, 1.165) is 0 Å². The Bertz CT molecular complexity index is 539. The maximum Gasteiger partial charge on any atom is 0.254 e. The summed E-state index contributed by atoms with van der Waals surface area (Å²) in [5, 5.41) is 2.70. The van der Waals surface area contributed by atoms with Crippen LogP contribution in [0.5, 0.6) is 5.75 Å². The summed E-state index contributed by atoms with van der Waals surface area (Å²) < 4.78 is 23.3. The van der Waals surface area contributed by atoms with Crippen LogP contribution in [0.15, 0.2) is 47.3 Å². The van der Waals surface area contributed by atoms with E-state index >= 15 is 0 Å². The second-order valence-corrected chi connectivity index (χ2v) is 4.11. The van der Waals surface area contributed by atoms with E-state index in [-0.39, 0.29) is 17.8 Å². The number of furan rings is 1. The van der Waals surface area contributed by atoms with Gasteiger partial charge < -0.3 is 14.5 Å². The Morgan fingerprint density at radius 2 is 2.32 bits per heavy atom. The molecule has 100 valence electrons. The van der Waals surface area contributed by atoms with Gasteiger partial charge in [0, 0.05) is 6.07 Å². The minimum Gasteiger partial charge on any atom is -0.489 e. The van der Waals surface area contributed by atoms with Gasteiger partial charge in [-0.05, 0) is 25.1 Å². The van der Waals surface area contributed by atoms with Crippen LogP contribution in [-0.4, -0.2) is 18.6 Å². The molecule has 0 fully saturated rings. The summed E-state index contributed by atoms with van der Waals surface area (Å²) in [6.45, 7) is 2.11. The van der Waals surface area contributed by atoms with Gasteiger partial charge in [0.1, 0.15) is 23.9 Å². The third-order valence-electron chi connectivity index (χ3n) is 2.47. The maximum atomic E-state index is 13.0. The van der Waals surface area contributed by atoms with E-state index in [1.807, 2.05) is 0 Å². The summed E-state index contributed by atoms with van der Waals surface area (Å²) in [5.74, 6) is -0.152. The zero-order valence-corrected chi connectivity index (χ0v) is 10.4. The van der Waals surface area contributed by atoms with E-state index in [9.17, 15) is 9.18 Å². The molecule has 19 heavy (non-hydrogen) atoms. The molecule has 1 N–H and O–H groups in total. The Labute approximate surface area is 110 Å². The average molecular weight is 263 g/mol. The molecule has 0 aliphatic heterocycles. The topological polar surface area (TPSA) is 51.5 Å². The van der Waals surface area contributed by atoms with Crippen LogP contribution >= 0.6 is 0 Å². The van der Waals surface area contributed by atoms with Gasteiger partial charge in [0.05, 0.1) is 18.4 Å². The zero-order chi connectivity index (χ0) is 13.7. The molecule has 4 nitrogen and oxygen atoms in total. The molecule has 0 saturated carbocycles. The van der Waals surface area contributed by atoms with Crippen LogP contribution in [0.3, 0.4) is 0 Å². The third kappa shape index (κ3) is 3.84. The number of rotatable bonds is 5. The van der Waals surface area contributed by atoms with Crippen LogP contribution in [0.25, 0.3) is 0 Å². The molecule has 2 aromatic rings. The Morgan fingerprint density at radius 1 is 1.47 bits per heavy atom. The lowest BCUT2D eigenvalue weighted by Crippen LogP contribution is -2.33. The predicted molar refractivity (Wildman–Crippen MR) is 67.5 cm³/mol. The van der Waals surface area contributed by atoms with Gasteiger partial charge in [0.2, 0.25) is 0 Å². The monoisotopic (exact) mass is 263 g/mol. The number of carbonyl (C=O) groups excluding carboxylic acids is 1. The number of benzene rings is 1. The molecule has 1 heterocycles. The first-order valence-corrected chi connectivity index (χ1v) is 5.88. The summed E-state index contributed by atoms with van der Waals surface area (Å²) in [6, 6.07) is 7.46. The lowest BCUT2D eigenvalue weighted by atomic mass is 10.3. The molecule has 0 radical (unpaired) electrons. The summed E-state index contributed by atoms with van der Waals surface area (Å²) in [6.07, 6.45) is 2.53. The molecule has 1 aromatic carbocycles. The molecular weight excluding hydrogens is 249 g/mol. The minimum atomic E-state index is -0.355. The zero-order valence-electron chi connectivity index (χ0n) is 10.4. The van der Waals surface area contributed by atoms with Crippen molar-refractivity contribution in [3.05, 3.63) is 54.2 Å². The summed E-state index contributed by atoms with van der Waals surface area (Å²) >= 11 is 0. The molecule has 1 aromatic heterocycles. The molecular formula is C14H14FNO3.